The van der Waals surface area contributed by atoms with Gasteiger partial charge in [-0.25, -0.2) is 4.79 Å². The van der Waals surface area contributed by atoms with Gasteiger partial charge in [0.05, 0.1) is 13.2 Å². The molecule has 29 heavy (non-hydrogen) atoms. The SMILES string of the molecule is CCNC(=NCC(C)(C)c1ccccc1C)NC1CCN(C(=O)OCC)CC1.I. The van der Waals surface area contributed by atoms with Gasteiger partial charge in [0.1, 0.15) is 0 Å². The van der Waals surface area contributed by atoms with Crippen molar-refractivity contribution in [3.05, 3.63) is 35.4 Å². The van der Waals surface area contributed by atoms with Crippen LogP contribution in [0.1, 0.15) is 51.7 Å². The van der Waals surface area contributed by atoms with Crippen molar-refractivity contribution in [3.63, 3.8) is 0 Å². The second-order valence-corrected chi connectivity index (χ2v) is 8.00. The lowest BCUT2D eigenvalue weighted by molar-refractivity contribution is 0.0963. The Bertz CT molecular complexity index is 671. The largest absolute Gasteiger partial charge is 0.450 e. The summed E-state index contributed by atoms with van der Waals surface area (Å²) in [6.07, 6.45) is 1.58. The molecule has 0 aliphatic carbocycles. The van der Waals surface area contributed by atoms with Crippen molar-refractivity contribution in [3.8, 4) is 0 Å². The normalized spacial score (nSPS) is 15.5. The molecule has 0 unspecified atom stereocenters. The average Bonchev–Trinajstić information content (AvgIpc) is 2.67. The van der Waals surface area contributed by atoms with Gasteiger partial charge in [-0.05, 0) is 44.7 Å². The molecule has 2 N–H and O–H groups in total. The van der Waals surface area contributed by atoms with E-state index in [1.165, 1.54) is 11.1 Å². The summed E-state index contributed by atoms with van der Waals surface area (Å²) < 4.78 is 5.09. The van der Waals surface area contributed by atoms with Crippen molar-refractivity contribution in [1.29, 1.82) is 0 Å². The number of nitrogens with zero attached hydrogens (tertiary/aromatic N) is 2. The van der Waals surface area contributed by atoms with Crippen LogP contribution in [0.15, 0.2) is 29.3 Å². The van der Waals surface area contributed by atoms with Gasteiger partial charge in [0.25, 0.3) is 0 Å². The predicted octanol–water partition coefficient (Wildman–Crippen LogP) is 4.07. The van der Waals surface area contributed by atoms with E-state index in [1.807, 2.05) is 6.92 Å². The van der Waals surface area contributed by atoms with Crippen molar-refractivity contribution in [1.82, 2.24) is 15.5 Å². The summed E-state index contributed by atoms with van der Waals surface area (Å²) in [7, 11) is 0. The maximum atomic E-state index is 11.9. The second kappa shape index (κ2) is 12.2. The van der Waals surface area contributed by atoms with Gasteiger partial charge in [-0.2, -0.15) is 0 Å². The van der Waals surface area contributed by atoms with Crippen LogP contribution in [-0.2, 0) is 10.2 Å². The summed E-state index contributed by atoms with van der Waals surface area (Å²) in [4.78, 5) is 18.5. The third kappa shape index (κ3) is 7.68. The predicted molar refractivity (Wildman–Crippen MR) is 130 cm³/mol. The highest BCUT2D eigenvalue weighted by molar-refractivity contribution is 14.0. The zero-order valence-corrected chi connectivity index (χ0v) is 20.8. The molecule has 1 aliphatic heterocycles. The number of hydrogen-bond donors (Lipinski definition) is 2. The van der Waals surface area contributed by atoms with Crippen LogP contribution in [0, 0.1) is 6.92 Å². The lowest BCUT2D eigenvalue weighted by atomic mass is 9.82. The maximum Gasteiger partial charge on any atom is 0.409 e. The van der Waals surface area contributed by atoms with Crippen molar-refractivity contribution >= 4 is 36.0 Å². The summed E-state index contributed by atoms with van der Waals surface area (Å²) in [6, 6.07) is 8.82. The standard InChI is InChI=1S/C22H36N4O2.HI/c1-6-23-20(24-16-22(4,5)19-11-9-8-10-17(19)3)25-18-12-14-26(15-13-18)21(27)28-7-2;/h8-11,18H,6-7,12-16H2,1-5H3,(H2,23,24,25);1H. The first-order chi connectivity index (χ1) is 13.4. The van der Waals surface area contributed by atoms with Gasteiger partial charge in [-0.1, -0.05) is 38.1 Å². The second-order valence-electron chi connectivity index (χ2n) is 8.00. The Morgan fingerprint density at radius 2 is 1.90 bits per heavy atom. The van der Waals surface area contributed by atoms with E-state index in [9.17, 15) is 4.79 Å². The fourth-order valence-electron chi connectivity index (χ4n) is 3.63. The van der Waals surface area contributed by atoms with E-state index in [-0.39, 0.29) is 35.5 Å². The van der Waals surface area contributed by atoms with E-state index >= 15 is 0 Å². The molecular formula is C22H37IN4O2. The Kier molecular flexibility index (Phi) is 10.8. The first-order valence-electron chi connectivity index (χ1n) is 10.4. The number of halogens is 1. The molecule has 0 radical (unpaired) electrons. The van der Waals surface area contributed by atoms with Gasteiger partial charge < -0.3 is 20.3 Å². The van der Waals surface area contributed by atoms with E-state index in [0.717, 1.165) is 25.3 Å². The highest BCUT2D eigenvalue weighted by Crippen LogP contribution is 2.26. The summed E-state index contributed by atoms with van der Waals surface area (Å²) in [5, 5.41) is 6.90. The molecule has 0 atom stereocenters. The molecule has 1 aromatic carbocycles. The lowest BCUT2D eigenvalue weighted by Gasteiger charge is -2.32. The number of likely N-dealkylation sites (tertiary alicyclic amines) is 1. The van der Waals surface area contributed by atoms with Crippen LogP contribution in [0.25, 0.3) is 0 Å². The van der Waals surface area contributed by atoms with Crippen molar-refractivity contribution in [2.24, 2.45) is 4.99 Å². The van der Waals surface area contributed by atoms with Crippen LogP contribution in [-0.4, -0.2) is 55.8 Å². The van der Waals surface area contributed by atoms with Crippen LogP contribution in [0.4, 0.5) is 4.79 Å². The van der Waals surface area contributed by atoms with Gasteiger partial charge in [0, 0.05) is 31.1 Å². The number of carbonyl (C=O) groups excluding carboxylic acids is 1. The number of amides is 1. The maximum absolute atomic E-state index is 11.9. The van der Waals surface area contributed by atoms with E-state index in [2.05, 4.69) is 62.6 Å². The Labute approximate surface area is 192 Å². The highest BCUT2D eigenvalue weighted by Gasteiger charge is 2.25. The topological polar surface area (TPSA) is 66.0 Å². The quantitative estimate of drug-likeness (QED) is 0.340. The van der Waals surface area contributed by atoms with Gasteiger partial charge in [0.15, 0.2) is 5.96 Å². The smallest absolute Gasteiger partial charge is 0.409 e. The van der Waals surface area contributed by atoms with Gasteiger partial charge in [-0.15, -0.1) is 24.0 Å². The zero-order valence-electron chi connectivity index (χ0n) is 18.5. The number of piperidine rings is 1. The third-order valence-electron chi connectivity index (χ3n) is 5.21. The monoisotopic (exact) mass is 516 g/mol. The summed E-state index contributed by atoms with van der Waals surface area (Å²) in [6.45, 7) is 13.9. The Balaban J connectivity index is 0.00000420. The Morgan fingerprint density at radius 1 is 1.24 bits per heavy atom. The van der Waals surface area contributed by atoms with Crippen LogP contribution in [0.3, 0.4) is 0 Å². The van der Waals surface area contributed by atoms with Crippen LogP contribution >= 0.6 is 24.0 Å². The molecule has 0 bridgehead atoms. The van der Waals surface area contributed by atoms with Crippen LogP contribution in [0.5, 0.6) is 0 Å². The number of guanidine groups is 1. The molecule has 2 rings (SSSR count). The van der Waals surface area contributed by atoms with E-state index in [0.29, 0.717) is 32.3 Å². The molecular weight excluding hydrogens is 479 g/mol. The molecule has 0 saturated carbocycles. The average molecular weight is 516 g/mol. The van der Waals surface area contributed by atoms with Crippen LogP contribution in [0.2, 0.25) is 0 Å². The third-order valence-corrected chi connectivity index (χ3v) is 5.21. The molecule has 1 aliphatic rings. The minimum absolute atomic E-state index is 0. The summed E-state index contributed by atoms with van der Waals surface area (Å²) in [5.41, 5.74) is 2.59. The fourth-order valence-corrected chi connectivity index (χ4v) is 3.63. The Morgan fingerprint density at radius 3 is 2.48 bits per heavy atom. The molecule has 0 spiro atoms. The van der Waals surface area contributed by atoms with E-state index < -0.39 is 0 Å². The Hall–Kier alpha value is -1.51. The zero-order chi connectivity index (χ0) is 20.6. The van der Waals surface area contributed by atoms with Gasteiger partial charge >= 0.3 is 6.09 Å². The number of benzene rings is 1. The molecule has 1 aromatic rings. The number of ether oxygens (including phenoxy) is 1. The van der Waals surface area contributed by atoms with Crippen molar-refractivity contribution in [2.75, 3.05) is 32.8 Å². The lowest BCUT2D eigenvalue weighted by Crippen LogP contribution is -2.50. The summed E-state index contributed by atoms with van der Waals surface area (Å²) in [5.74, 6) is 0.846. The van der Waals surface area contributed by atoms with E-state index in [4.69, 9.17) is 9.73 Å². The number of aryl methyl sites for hydroxylation is 1. The van der Waals surface area contributed by atoms with Crippen LogP contribution < -0.4 is 10.6 Å². The van der Waals surface area contributed by atoms with Crippen molar-refractivity contribution < 1.29 is 9.53 Å². The number of aliphatic imine (C=N–C) groups is 1. The number of carbonyl (C=O) groups is 1. The molecule has 6 nitrogen and oxygen atoms in total. The fraction of sp³-hybridized carbons (Fsp3) is 0.636. The molecule has 0 aromatic heterocycles. The van der Waals surface area contributed by atoms with E-state index in [1.54, 1.807) is 4.90 Å². The molecule has 1 heterocycles. The molecule has 1 saturated heterocycles. The minimum atomic E-state index is -0.207. The number of hydrogen-bond acceptors (Lipinski definition) is 3. The highest BCUT2D eigenvalue weighted by atomic mass is 127. The number of rotatable bonds is 6. The van der Waals surface area contributed by atoms with Gasteiger partial charge in [0.2, 0.25) is 0 Å². The molecule has 1 fully saturated rings. The molecule has 7 heteroatoms. The van der Waals surface area contributed by atoms with Gasteiger partial charge in [-0.3, -0.25) is 4.99 Å². The first kappa shape index (κ1) is 25.5. The summed E-state index contributed by atoms with van der Waals surface area (Å²) >= 11 is 0. The molecule has 164 valence electrons. The number of nitrogens with one attached hydrogen (secondary N) is 2. The molecule has 1 amide bonds. The first-order valence-corrected chi connectivity index (χ1v) is 10.4. The minimum Gasteiger partial charge on any atom is -0.450 e. The van der Waals surface area contributed by atoms with Crippen molar-refractivity contribution in [2.45, 2.75) is 58.9 Å².